The second-order valence-electron chi connectivity index (χ2n) is 6.77. The summed E-state index contributed by atoms with van der Waals surface area (Å²) in [6, 6.07) is 3.71. The highest BCUT2D eigenvalue weighted by molar-refractivity contribution is 7.91. The van der Waals surface area contributed by atoms with Crippen LogP contribution in [0.4, 0.5) is 0 Å². The smallest absolute Gasteiger partial charge is 0.252 e. The van der Waals surface area contributed by atoms with Crippen LogP contribution in [-0.2, 0) is 15.4 Å². The fourth-order valence-electron chi connectivity index (χ4n) is 2.63. The lowest BCUT2D eigenvalue weighted by molar-refractivity contribution is 0.271. The first-order chi connectivity index (χ1) is 9.75. The van der Waals surface area contributed by atoms with Crippen LogP contribution in [0.1, 0.15) is 38.5 Å². The van der Waals surface area contributed by atoms with Crippen molar-refractivity contribution in [3.63, 3.8) is 0 Å². The number of sulfonamides is 1. The molecule has 0 radical (unpaired) electrons. The predicted molar refractivity (Wildman–Crippen MR) is 88.4 cm³/mol. The van der Waals surface area contributed by atoms with Crippen LogP contribution in [0, 0.1) is 5.92 Å². The molecule has 1 fully saturated rings. The minimum atomic E-state index is -3.31. The molecule has 0 amide bonds. The first-order valence-electron chi connectivity index (χ1n) is 7.50. The minimum Gasteiger partial charge on any atom is -0.319 e. The summed E-state index contributed by atoms with van der Waals surface area (Å²) in [5.41, 5.74) is -0.00176. The number of hydrogen-bond acceptors (Lipinski definition) is 4. The van der Waals surface area contributed by atoms with E-state index >= 15 is 0 Å². The molecular weight excluding hydrogens is 304 g/mol. The van der Waals surface area contributed by atoms with E-state index in [1.807, 2.05) is 13.1 Å². The zero-order valence-corrected chi connectivity index (χ0v) is 15.0. The molecule has 1 aromatic rings. The summed E-state index contributed by atoms with van der Waals surface area (Å²) in [5, 5.41) is 3.18. The molecule has 2 heterocycles. The topological polar surface area (TPSA) is 49.4 Å². The lowest BCUT2D eigenvalue weighted by Gasteiger charge is -2.30. The van der Waals surface area contributed by atoms with Gasteiger partial charge >= 0.3 is 0 Å². The minimum absolute atomic E-state index is 0.00176. The van der Waals surface area contributed by atoms with Crippen molar-refractivity contribution >= 4 is 21.4 Å². The molecule has 1 aromatic heterocycles. The Hall–Kier alpha value is -0.430. The van der Waals surface area contributed by atoms with Crippen molar-refractivity contribution in [2.24, 2.45) is 5.92 Å². The molecule has 0 bridgehead atoms. The van der Waals surface area contributed by atoms with Crippen molar-refractivity contribution in [3.05, 3.63) is 17.0 Å². The first kappa shape index (κ1) is 16.9. The molecule has 0 aliphatic carbocycles. The largest absolute Gasteiger partial charge is 0.319 e. The molecule has 21 heavy (non-hydrogen) atoms. The zero-order valence-electron chi connectivity index (χ0n) is 13.3. The van der Waals surface area contributed by atoms with E-state index in [0.717, 1.165) is 24.3 Å². The lowest BCUT2D eigenvalue weighted by Crippen LogP contribution is -2.40. The summed E-state index contributed by atoms with van der Waals surface area (Å²) in [4.78, 5) is 1.12. The van der Waals surface area contributed by atoms with Gasteiger partial charge < -0.3 is 5.32 Å². The molecule has 0 aromatic carbocycles. The third-order valence-electron chi connectivity index (χ3n) is 3.98. The van der Waals surface area contributed by atoms with Crippen molar-refractivity contribution in [1.82, 2.24) is 9.62 Å². The molecule has 0 unspecified atom stereocenters. The third kappa shape index (κ3) is 3.86. The molecule has 1 aliphatic rings. The maximum Gasteiger partial charge on any atom is 0.252 e. The van der Waals surface area contributed by atoms with Gasteiger partial charge in [-0.2, -0.15) is 4.31 Å². The summed E-state index contributed by atoms with van der Waals surface area (Å²) in [6.07, 6.45) is 1.88. The second-order valence-corrected chi connectivity index (χ2v) is 10.0. The van der Waals surface area contributed by atoms with Crippen LogP contribution in [0.15, 0.2) is 16.3 Å². The van der Waals surface area contributed by atoms with Gasteiger partial charge in [-0.15, -0.1) is 11.3 Å². The van der Waals surface area contributed by atoms with Gasteiger partial charge in [0, 0.05) is 18.0 Å². The van der Waals surface area contributed by atoms with E-state index < -0.39 is 10.0 Å². The molecule has 2 rings (SSSR count). The lowest BCUT2D eigenvalue weighted by atomic mass is 9.95. The van der Waals surface area contributed by atoms with Crippen LogP contribution < -0.4 is 5.32 Å². The second kappa shape index (κ2) is 6.36. The van der Waals surface area contributed by atoms with Gasteiger partial charge in [0.1, 0.15) is 4.21 Å². The molecule has 1 aliphatic heterocycles. The van der Waals surface area contributed by atoms with Crippen molar-refractivity contribution in [1.29, 1.82) is 0 Å². The van der Waals surface area contributed by atoms with Crippen LogP contribution in [0.25, 0.3) is 0 Å². The highest BCUT2D eigenvalue weighted by Gasteiger charge is 2.31. The van der Waals surface area contributed by atoms with Gasteiger partial charge in [0.2, 0.25) is 0 Å². The summed E-state index contributed by atoms with van der Waals surface area (Å²) in [7, 11) is -1.36. The fourth-order valence-corrected chi connectivity index (χ4v) is 5.62. The van der Waals surface area contributed by atoms with Crippen LogP contribution in [0.3, 0.4) is 0 Å². The van der Waals surface area contributed by atoms with Gasteiger partial charge in [-0.3, -0.25) is 0 Å². The van der Waals surface area contributed by atoms with Crippen LogP contribution in [0.2, 0.25) is 0 Å². The monoisotopic (exact) mass is 330 g/mol. The maximum absolute atomic E-state index is 12.7. The molecule has 120 valence electrons. The van der Waals surface area contributed by atoms with Gasteiger partial charge in [-0.25, -0.2) is 8.42 Å². The average molecular weight is 331 g/mol. The van der Waals surface area contributed by atoms with E-state index in [-0.39, 0.29) is 5.41 Å². The summed E-state index contributed by atoms with van der Waals surface area (Å²) < 4.78 is 27.6. The number of nitrogens with zero attached hydrogens (tertiary/aromatic N) is 1. The standard InChI is InChI=1S/C15H26N2O2S2/c1-15(2,3)13-5-6-14(20-13)21(18,19)17-9-7-12(8-10-17)11-16-4/h5-6,12,16H,7-11H2,1-4H3. The molecule has 0 spiro atoms. The maximum atomic E-state index is 12.7. The van der Waals surface area contributed by atoms with Crippen molar-refractivity contribution < 1.29 is 8.42 Å². The van der Waals surface area contributed by atoms with Gasteiger partial charge in [0.15, 0.2) is 0 Å². The number of piperidine rings is 1. The van der Waals surface area contributed by atoms with Crippen LogP contribution in [0.5, 0.6) is 0 Å². The molecule has 4 nitrogen and oxygen atoms in total. The summed E-state index contributed by atoms with van der Waals surface area (Å²) in [6.45, 7) is 8.57. The van der Waals surface area contributed by atoms with E-state index in [1.54, 1.807) is 10.4 Å². The normalized spacial score (nSPS) is 19.0. The van der Waals surface area contributed by atoms with E-state index in [9.17, 15) is 8.42 Å². The Morgan fingerprint density at radius 1 is 1.29 bits per heavy atom. The summed E-state index contributed by atoms with van der Waals surface area (Å²) >= 11 is 1.41. The fraction of sp³-hybridized carbons (Fsp3) is 0.733. The Labute approximate surface area is 132 Å². The Kier molecular flexibility index (Phi) is 5.13. The van der Waals surface area contributed by atoms with E-state index in [2.05, 4.69) is 26.1 Å². The van der Waals surface area contributed by atoms with Gasteiger partial charge in [-0.05, 0) is 49.9 Å². The SMILES string of the molecule is CNCC1CCN(S(=O)(=O)c2ccc(C(C)(C)C)s2)CC1. The number of rotatable bonds is 4. The van der Waals surface area contributed by atoms with Crippen molar-refractivity contribution in [2.75, 3.05) is 26.7 Å². The molecular formula is C15H26N2O2S2. The van der Waals surface area contributed by atoms with Gasteiger partial charge in [0.05, 0.1) is 0 Å². The van der Waals surface area contributed by atoms with Crippen molar-refractivity contribution in [3.8, 4) is 0 Å². The first-order valence-corrected chi connectivity index (χ1v) is 9.76. The molecule has 0 atom stereocenters. The molecule has 1 N–H and O–H groups in total. The molecule has 0 saturated carbocycles. The predicted octanol–water partition coefficient (Wildman–Crippen LogP) is 2.67. The highest BCUT2D eigenvalue weighted by Crippen LogP contribution is 2.34. The van der Waals surface area contributed by atoms with Crippen LogP contribution in [-0.4, -0.2) is 39.4 Å². The van der Waals surface area contributed by atoms with E-state index in [0.29, 0.717) is 23.2 Å². The molecule has 6 heteroatoms. The Morgan fingerprint density at radius 3 is 2.38 bits per heavy atom. The number of nitrogens with one attached hydrogen (secondary N) is 1. The Balaban J connectivity index is 2.11. The van der Waals surface area contributed by atoms with Crippen LogP contribution >= 0.6 is 11.3 Å². The number of thiophene rings is 1. The third-order valence-corrected chi connectivity index (χ3v) is 7.86. The van der Waals surface area contributed by atoms with E-state index in [1.165, 1.54) is 11.3 Å². The van der Waals surface area contributed by atoms with E-state index in [4.69, 9.17) is 0 Å². The van der Waals surface area contributed by atoms with Gasteiger partial charge in [-0.1, -0.05) is 20.8 Å². The highest BCUT2D eigenvalue weighted by atomic mass is 32.2. The Morgan fingerprint density at radius 2 is 1.90 bits per heavy atom. The summed E-state index contributed by atoms with van der Waals surface area (Å²) in [5.74, 6) is 0.593. The average Bonchev–Trinajstić information content (AvgIpc) is 2.90. The van der Waals surface area contributed by atoms with Crippen molar-refractivity contribution in [2.45, 2.75) is 43.2 Å². The quantitative estimate of drug-likeness (QED) is 0.923. The Bertz CT molecular complexity index is 565. The molecule has 1 saturated heterocycles. The van der Waals surface area contributed by atoms with Gasteiger partial charge in [0.25, 0.3) is 10.0 Å². The number of hydrogen-bond donors (Lipinski definition) is 1. The zero-order chi connectivity index (χ0) is 15.7.